The molecule has 1 aliphatic carbocycles. The third kappa shape index (κ3) is 2.42. The van der Waals surface area contributed by atoms with E-state index in [0.29, 0.717) is 5.92 Å². The fourth-order valence-corrected chi connectivity index (χ4v) is 3.50. The van der Waals surface area contributed by atoms with E-state index in [1.807, 2.05) is 12.1 Å². The summed E-state index contributed by atoms with van der Waals surface area (Å²) >= 11 is 0. The van der Waals surface area contributed by atoms with Gasteiger partial charge in [0.15, 0.2) is 0 Å². The van der Waals surface area contributed by atoms with Crippen molar-refractivity contribution in [2.45, 2.75) is 24.9 Å². The Morgan fingerprint density at radius 3 is 3.00 bits per heavy atom. The number of rotatable bonds is 5. The first-order valence-electron chi connectivity index (χ1n) is 7.73. The fourth-order valence-electron chi connectivity index (χ4n) is 3.50. The third-order valence-corrected chi connectivity index (χ3v) is 4.88. The fraction of sp³-hybridized carbons (Fsp3) is 0.688. The van der Waals surface area contributed by atoms with E-state index in [2.05, 4.69) is 9.88 Å². The van der Waals surface area contributed by atoms with E-state index in [9.17, 15) is 0 Å². The molecule has 4 heteroatoms. The van der Waals surface area contributed by atoms with Crippen molar-refractivity contribution in [3.05, 3.63) is 24.5 Å². The largest absolute Gasteiger partial charge is 0.492 e. The molecule has 3 aliphatic rings. The van der Waals surface area contributed by atoms with Gasteiger partial charge in [0.1, 0.15) is 5.75 Å². The average molecular weight is 274 g/mol. The van der Waals surface area contributed by atoms with Crippen LogP contribution in [0.3, 0.4) is 0 Å². The topological polar surface area (TPSA) is 34.6 Å². The molecule has 2 aliphatic heterocycles. The second-order valence-corrected chi connectivity index (χ2v) is 6.51. The molecule has 3 heterocycles. The van der Waals surface area contributed by atoms with Gasteiger partial charge in [-0.15, -0.1) is 0 Å². The molecule has 0 radical (unpaired) electrons. The zero-order chi connectivity index (χ0) is 13.4. The van der Waals surface area contributed by atoms with Gasteiger partial charge in [-0.25, -0.2) is 0 Å². The smallest absolute Gasteiger partial charge is 0.137 e. The van der Waals surface area contributed by atoms with Crippen molar-refractivity contribution in [3.8, 4) is 5.75 Å². The lowest BCUT2D eigenvalue weighted by atomic mass is 9.81. The number of ether oxygens (including phenoxy) is 2. The highest BCUT2D eigenvalue weighted by Crippen LogP contribution is 2.42. The summed E-state index contributed by atoms with van der Waals surface area (Å²) in [6.45, 7) is 5.12. The third-order valence-electron chi connectivity index (χ3n) is 4.88. The minimum absolute atomic E-state index is 0.0805. The summed E-state index contributed by atoms with van der Waals surface area (Å²) < 4.78 is 12.0. The quantitative estimate of drug-likeness (QED) is 0.822. The van der Waals surface area contributed by atoms with Crippen LogP contribution in [-0.2, 0) is 4.74 Å². The van der Waals surface area contributed by atoms with Gasteiger partial charge in [-0.2, -0.15) is 0 Å². The van der Waals surface area contributed by atoms with Gasteiger partial charge in [-0.1, -0.05) is 0 Å². The number of hydrogen-bond acceptors (Lipinski definition) is 4. The van der Waals surface area contributed by atoms with Crippen LogP contribution in [0.5, 0.6) is 5.75 Å². The number of likely N-dealkylation sites (tertiary alicyclic amines) is 1. The molecule has 0 bridgehead atoms. The highest BCUT2D eigenvalue weighted by atomic mass is 16.5. The maximum absolute atomic E-state index is 6.07. The van der Waals surface area contributed by atoms with Gasteiger partial charge in [0, 0.05) is 38.4 Å². The number of nitrogens with zero attached hydrogens (tertiary/aromatic N) is 2. The Balaban J connectivity index is 1.31. The van der Waals surface area contributed by atoms with Gasteiger partial charge < -0.3 is 9.47 Å². The predicted molar refractivity (Wildman–Crippen MR) is 75.7 cm³/mol. The molecule has 1 aromatic heterocycles. The van der Waals surface area contributed by atoms with Crippen LogP contribution in [0.1, 0.15) is 19.3 Å². The zero-order valence-corrected chi connectivity index (χ0v) is 11.8. The van der Waals surface area contributed by atoms with Gasteiger partial charge in [-0.3, -0.25) is 9.88 Å². The predicted octanol–water partition coefficient (Wildman–Crippen LogP) is 1.96. The minimum atomic E-state index is 0.0805. The van der Waals surface area contributed by atoms with E-state index < -0.39 is 0 Å². The molecule has 0 amide bonds. The molecule has 0 aromatic carbocycles. The Morgan fingerprint density at radius 2 is 2.25 bits per heavy atom. The van der Waals surface area contributed by atoms with Gasteiger partial charge in [0.2, 0.25) is 0 Å². The van der Waals surface area contributed by atoms with Gasteiger partial charge in [0.25, 0.3) is 0 Å². The van der Waals surface area contributed by atoms with Crippen LogP contribution in [0.25, 0.3) is 0 Å². The second kappa shape index (κ2) is 5.01. The lowest BCUT2D eigenvalue weighted by Gasteiger charge is -2.50. The molecule has 3 fully saturated rings. The van der Waals surface area contributed by atoms with Crippen molar-refractivity contribution in [3.63, 3.8) is 0 Å². The molecule has 1 aromatic rings. The highest BCUT2D eigenvalue weighted by molar-refractivity contribution is 5.16. The van der Waals surface area contributed by atoms with Crippen LogP contribution in [0, 0.1) is 11.8 Å². The molecule has 1 atom stereocenters. The molecule has 1 spiro atoms. The summed E-state index contributed by atoms with van der Waals surface area (Å²) in [4.78, 5) is 6.64. The van der Waals surface area contributed by atoms with E-state index in [1.54, 1.807) is 12.4 Å². The van der Waals surface area contributed by atoms with Crippen LogP contribution in [0.4, 0.5) is 0 Å². The molecule has 4 rings (SSSR count). The van der Waals surface area contributed by atoms with Crippen LogP contribution in [0.2, 0.25) is 0 Å². The van der Waals surface area contributed by atoms with Gasteiger partial charge in [0.05, 0.1) is 18.4 Å². The monoisotopic (exact) mass is 274 g/mol. The molecule has 4 nitrogen and oxygen atoms in total. The van der Waals surface area contributed by atoms with E-state index in [-0.39, 0.29) is 5.60 Å². The number of aromatic nitrogens is 1. The first-order chi connectivity index (χ1) is 9.84. The average Bonchev–Trinajstić information content (AvgIpc) is 3.15. The second-order valence-electron chi connectivity index (χ2n) is 6.51. The summed E-state index contributed by atoms with van der Waals surface area (Å²) in [5.41, 5.74) is 0.0805. The molecular weight excluding hydrogens is 252 g/mol. The van der Waals surface area contributed by atoms with Crippen molar-refractivity contribution < 1.29 is 9.47 Å². The normalized spacial score (nSPS) is 28.5. The molecule has 108 valence electrons. The van der Waals surface area contributed by atoms with E-state index in [4.69, 9.17) is 9.47 Å². The Kier molecular flexibility index (Phi) is 3.15. The van der Waals surface area contributed by atoms with E-state index in [1.165, 1.54) is 19.4 Å². The molecule has 1 saturated carbocycles. The Hall–Kier alpha value is -1.13. The summed E-state index contributed by atoms with van der Waals surface area (Å²) in [6.07, 6.45) is 7.53. The van der Waals surface area contributed by atoms with E-state index in [0.717, 1.165) is 44.4 Å². The van der Waals surface area contributed by atoms with Crippen molar-refractivity contribution in [1.82, 2.24) is 9.88 Å². The Bertz CT molecular complexity index is 455. The van der Waals surface area contributed by atoms with Crippen molar-refractivity contribution in [2.24, 2.45) is 11.8 Å². The highest BCUT2D eigenvalue weighted by Gasteiger charge is 2.53. The minimum Gasteiger partial charge on any atom is -0.492 e. The lowest BCUT2D eigenvalue weighted by molar-refractivity contribution is -0.138. The standard InChI is InChI=1S/C16H22N2O2/c1-2-15(8-17-6-1)19-10-14-5-7-20-16(14)11-18(12-16)9-13-3-4-13/h1-2,6,8,13-14H,3-5,7,9-12H2. The number of hydrogen-bond donors (Lipinski definition) is 0. The van der Waals surface area contributed by atoms with Gasteiger partial charge in [-0.05, 0) is 37.3 Å². The van der Waals surface area contributed by atoms with Crippen LogP contribution >= 0.6 is 0 Å². The maximum atomic E-state index is 6.07. The van der Waals surface area contributed by atoms with Crippen LogP contribution in [-0.4, -0.2) is 48.3 Å². The molecule has 1 unspecified atom stereocenters. The Labute approximate surface area is 120 Å². The molecule has 20 heavy (non-hydrogen) atoms. The Morgan fingerprint density at radius 1 is 1.35 bits per heavy atom. The summed E-state index contributed by atoms with van der Waals surface area (Å²) in [6, 6.07) is 3.88. The van der Waals surface area contributed by atoms with Crippen LogP contribution in [0.15, 0.2) is 24.5 Å². The number of pyridine rings is 1. The summed E-state index contributed by atoms with van der Waals surface area (Å²) in [5.74, 6) is 2.36. The van der Waals surface area contributed by atoms with Crippen LogP contribution < -0.4 is 4.74 Å². The molecule has 0 N–H and O–H groups in total. The van der Waals surface area contributed by atoms with E-state index >= 15 is 0 Å². The van der Waals surface area contributed by atoms with Crippen molar-refractivity contribution >= 4 is 0 Å². The molecule has 2 saturated heterocycles. The van der Waals surface area contributed by atoms with Crippen molar-refractivity contribution in [2.75, 3.05) is 32.8 Å². The maximum Gasteiger partial charge on any atom is 0.137 e. The summed E-state index contributed by atoms with van der Waals surface area (Å²) in [5, 5.41) is 0. The summed E-state index contributed by atoms with van der Waals surface area (Å²) in [7, 11) is 0. The van der Waals surface area contributed by atoms with Crippen molar-refractivity contribution in [1.29, 1.82) is 0 Å². The first kappa shape index (κ1) is 12.6. The SMILES string of the molecule is c1cncc(OCC2CCOC23CN(CC2CC2)C3)c1. The lowest BCUT2D eigenvalue weighted by Crippen LogP contribution is -2.65. The first-order valence-corrected chi connectivity index (χ1v) is 7.73. The molecular formula is C16H22N2O2. The van der Waals surface area contributed by atoms with Gasteiger partial charge >= 0.3 is 0 Å². The zero-order valence-electron chi connectivity index (χ0n) is 11.8.